The maximum atomic E-state index is 5.58. The Morgan fingerprint density at radius 3 is 1.96 bits per heavy atom. The Bertz CT molecular complexity index is 1140. The van der Waals surface area contributed by atoms with Gasteiger partial charge in [-0.25, -0.2) is 0 Å². The number of rotatable bonds is 4. The molecule has 0 fully saturated rings. The summed E-state index contributed by atoms with van der Waals surface area (Å²) in [6.45, 7) is 0. The molecule has 0 spiro atoms. The van der Waals surface area contributed by atoms with Gasteiger partial charge >= 0.3 is 0 Å². The smallest absolute Gasteiger partial charge is 0.219 e. The van der Waals surface area contributed by atoms with Gasteiger partial charge < -0.3 is 31.4 Å². The third kappa shape index (κ3) is 2.94. The molecule has 4 rings (SSSR count). The molecule has 0 atom stereocenters. The molecule has 0 aliphatic carbocycles. The number of fused-ring (bicyclic) bond motifs is 4. The van der Waals surface area contributed by atoms with Crippen molar-refractivity contribution in [3.05, 3.63) is 48.8 Å². The fraction of sp³-hybridized carbons (Fsp3) is 0.190. The monoisotopic (exact) mass is 385 g/mol. The van der Waals surface area contributed by atoms with Crippen LogP contribution >= 0.6 is 0 Å². The molecule has 6 heteroatoms. The number of benzene rings is 2. The number of halogens is 1. The van der Waals surface area contributed by atoms with E-state index in [1.165, 1.54) is 0 Å². The summed E-state index contributed by atoms with van der Waals surface area (Å²) in [5.74, 6) is 2.88. The van der Waals surface area contributed by atoms with E-state index in [4.69, 9.17) is 18.9 Å². The van der Waals surface area contributed by atoms with Crippen LogP contribution in [0.4, 0.5) is 0 Å². The largest absolute Gasteiger partial charge is 1.00 e. The van der Waals surface area contributed by atoms with Crippen LogP contribution in [-0.2, 0) is 0 Å². The fourth-order valence-corrected chi connectivity index (χ4v) is 3.42. The van der Waals surface area contributed by atoms with Crippen LogP contribution in [0.5, 0.6) is 23.0 Å². The lowest BCUT2D eigenvalue weighted by atomic mass is 10.1. The van der Waals surface area contributed by atoms with E-state index >= 15 is 0 Å². The molecule has 0 aliphatic rings. The number of hydrogen-bond acceptors (Lipinski definition) is 4. The number of aromatic nitrogens is 1. The van der Waals surface area contributed by atoms with E-state index in [0.29, 0.717) is 11.5 Å². The summed E-state index contributed by atoms with van der Waals surface area (Å²) >= 11 is 0. The highest BCUT2D eigenvalue weighted by atomic mass is 35.5. The zero-order valence-corrected chi connectivity index (χ0v) is 16.3. The molecule has 0 bridgehead atoms. The minimum Gasteiger partial charge on any atom is -1.00 e. The van der Waals surface area contributed by atoms with Gasteiger partial charge in [-0.1, -0.05) is 0 Å². The molecule has 0 amide bonds. The molecular weight excluding hydrogens is 366 g/mol. The van der Waals surface area contributed by atoms with Crippen molar-refractivity contribution >= 4 is 27.1 Å². The van der Waals surface area contributed by atoms with E-state index in [1.54, 1.807) is 28.4 Å². The summed E-state index contributed by atoms with van der Waals surface area (Å²) in [6.07, 6.45) is 4.11. The first-order chi connectivity index (χ1) is 12.7. The van der Waals surface area contributed by atoms with Crippen molar-refractivity contribution in [2.24, 2.45) is 0 Å². The van der Waals surface area contributed by atoms with Crippen molar-refractivity contribution < 1.29 is 35.8 Å². The Morgan fingerprint density at radius 1 is 0.667 bits per heavy atom. The fourth-order valence-electron chi connectivity index (χ4n) is 3.42. The minimum atomic E-state index is 0. The van der Waals surface area contributed by atoms with Crippen molar-refractivity contribution in [1.29, 1.82) is 0 Å². The molecule has 4 aromatic rings. The summed E-state index contributed by atoms with van der Waals surface area (Å²) in [5, 5.41) is 4.23. The van der Waals surface area contributed by atoms with Gasteiger partial charge in [0.25, 0.3) is 0 Å². The molecule has 0 aliphatic heterocycles. The quantitative estimate of drug-likeness (QED) is 0.295. The Kier molecular flexibility index (Phi) is 5.15. The van der Waals surface area contributed by atoms with Gasteiger partial charge in [-0.3, -0.25) is 0 Å². The van der Waals surface area contributed by atoms with E-state index in [-0.39, 0.29) is 12.4 Å². The van der Waals surface area contributed by atoms with Crippen molar-refractivity contribution in [1.82, 2.24) is 0 Å². The molecule has 2 aromatic heterocycles. The maximum absolute atomic E-state index is 5.58. The Morgan fingerprint density at radius 2 is 1.33 bits per heavy atom. The van der Waals surface area contributed by atoms with Crippen LogP contribution < -0.4 is 35.8 Å². The van der Waals surface area contributed by atoms with Gasteiger partial charge in [0, 0.05) is 17.5 Å². The standard InChI is InChI=1S/C21H20NO4.ClH/c1-23-18-6-5-15-16(21(18)26-4)7-8-22-12-14-11-20(25-3)19(24-2)10-13(14)9-17(15)22;/h5-12H,1-4H3;1H/q+1;/p-1. The number of pyridine rings is 2. The molecule has 0 saturated heterocycles. The third-order valence-electron chi connectivity index (χ3n) is 4.70. The minimum absolute atomic E-state index is 0. The van der Waals surface area contributed by atoms with Crippen LogP contribution in [0, 0.1) is 0 Å². The highest BCUT2D eigenvalue weighted by molar-refractivity contribution is 6.01. The van der Waals surface area contributed by atoms with Crippen LogP contribution in [0.3, 0.4) is 0 Å². The third-order valence-corrected chi connectivity index (χ3v) is 4.70. The first-order valence-electron chi connectivity index (χ1n) is 8.24. The first kappa shape index (κ1) is 18.9. The Hall–Kier alpha value is -2.92. The number of ether oxygens (including phenoxy) is 4. The molecule has 5 nitrogen and oxygen atoms in total. The van der Waals surface area contributed by atoms with Crippen LogP contribution in [0.1, 0.15) is 0 Å². The van der Waals surface area contributed by atoms with Crippen LogP contribution in [0.25, 0.3) is 27.1 Å². The lowest BCUT2D eigenvalue weighted by Gasteiger charge is -2.11. The zero-order valence-electron chi connectivity index (χ0n) is 15.6. The Balaban J connectivity index is 0.00000210. The average Bonchev–Trinajstić information content (AvgIpc) is 2.69. The summed E-state index contributed by atoms with van der Waals surface area (Å²) in [4.78, 5) is 0. The van der Waals surface area contributed by atoms with Gasteiger partial charge in [0.15, 0.2) is 35.4 Å². The normalized spacial score (nSPS) is 10.7. The van der Waals surface area contributed by atoms with Crippen molar-refractivity contribution in [3.63, 3.8) is 0 Å². The summed E-state index contributed by atoms with van der Waals surface area (Å²) < 4.78 is 24.0. The predicted octanol–water partition coefficient (Wildman–Crippen LogP) is 0.770. The van der Waals surface area contributed by atoms with Gasteiger partial charge in [0.05, 0.1) is 39.2 Å². The molecule has 27 heavy (non-hydrogen) atoms. The molecule has 2 aromatic carbocycles. The highest BCUT2D eigenvalue weighted by Crippen LogP contribution is 2.37. The average molecular weight is 386 g/mol. The molecule has 0 unspecified atom stereocenters. The van der Waals surface area contributed by atoms with E-state index in [2.05, 4.69) is 22.7 Å². The SMILES string of the molecule is COc1cc2cc3c4ccc(OC)c(OC)c4cc[n+]3cc2cc1OC.[Cl-]. The second kappa shape index (κ2) is 7.37. The van der Waals surface area contributed by atoms with E-state index < -0.39 is 0 Å². The van der Waals surface area contributed by atoms with Crippen molar-refractivity contribution in [2.45, 2.75) is 0 Å². The topological polar surface area (TPSA) is 41.0 Å². The van der Waals surface area contributed by atoms with E-state index in [0.717, 1.165) is 38.6 Å². The molecule has 0 saturated carbocycles. The van der Waals surface area contributed by atoms with Crippen LogP contribution in [0.2, 0.25) is 0 Å². The molecular formula is C21H20ClNO4. The van der Waals surface area contributed by atoms with Gasteiger partial charge in [0.2, 0.25) is 5.52 Å². The summed E-state index contributed by atoms with van der Waals surface area (Å²) in [5.41, 5.74) is 1.07. The Labute approximate surface area is 163 Å². The lowest BCUT2D eigenvalue weighted by molar-refractivity contribution is -0.509. The van der Waals surface area contributed by atoms with Gasteiger partial charge in [0.1, 0.15) is 0 Å². The van der Waals surface area contributed by atoms with Crippen LogP contribution in [0.15, 0.2) is 48.8 Å². The summed E-state index contributed by atoms with van der Waals surface area (Å²) in [6, 6.07) is 12.1. The van der Waals surface area contributed by atoms with Crippen molar-refractivity contribution in [3.8, 4) is 23.0 Å². The van der Waals surface area contributed by atoms with Crippen molar-refractivity contribution in [2.75, 3.05) is 28.4 Å². The highest BCUT2D eigenvalue weighted by Gasteiger charge is 2.17. The molecule has 0 radical (unpaired) electrons. The second-order valence-electron chi connectivity index (χ2n) is 5.98. The number of methoxy groups -OCH3 is 4. The second-order valence-corrected chi connectivity index (χ2v) is 5.98. The summed E-state index contributed by atoms with van der Waals surface area (Å²) in [7, 11) is 6.59. The first-order valence-corrected chi connectivity index (χ1v) is 8.24. The van der Waals surface area contributed by atoms with Gasteiger partial charge in [-0.05, 0) is 29.7 Å². The predicted molar refractivity (Wildman–Crippen MR) is 101 cm³/mol. The van der Waals surface area contributed by atoms with Gasteiger partial charge in [-0.2, -0.15) is 4.40 Å². The molecule has 140 valence electrons. The van der Waals surface area contributed by atoms with Gasteiger partial charge in [-0.15, -0.1) is 0 Å². The van der Waals surface area contributed by atoms with E-state index in [1.807, 2.05) is 30.5 Å². The maximum Gasteiger partial charge on any atom is 0.219 e. The zero-order chi connectivity index (χ0) is 18.3. The van der Waals surface area contributed by atoms with E-state index in [9.17, 15) is 0 Å². The van der Waals surface area contributed by atoms with Crippen LogP contribution in [-0.4, -0.2) is 28.4 Å². The number of nitrogens with zero attached hydrogens (tertiary/aromatic N) is 1. The molecule has 0 N–H and O–H groups in total. The molecule has 2 heterocycles. The lowest BCUT2D eigenvalue weighted by Crippen LogP contribution is -3.00. The number of hydrogen-bond donors (Lipinski definition) is 0.